The topological polar surface area (TPSA) is 210 Å². The van der Waals surface area contributed by atoms with Crippen molar-refractivity contribution in [1.29, 1.82) is 0 Å². The number of nitrogens with one attached hydrogen (secondary N) is 1. The van der Waals surface area contributed by atoms with E-state index in [4.69, 9.17) is 28.4 Å². The number of benzene rings is 2. The lowest BCUT2D eigenvalue weighted by Crippen LogP contribution is -2.78. The molecule has 2 bridgehead atoms. The number of ether oxygens (including phenoxy) is 6. The van der Waals surface area contributed by atoms with Gasteiger partial charge in [0.1, 0.15) is 23.9 Å². The van der Waals surface area contributed by atoms with Crippen molar-refractivity contribution in [3.05, 3.63) is 95.3 Å². The number of aliphatic hydroxyl groups excluding tert-OH is 1. The van der Waals surface area contributed by atoms with Crippen molar-refractivity contribution in [2.24, 2.45) is 22.7 Å². The predicted molar refractivity (Wildman–Crippen MR) is 205 cm³/mol. The summed E-state index contributed by atoms with van der Waals surface area (Å²) in [7, 11) is 0. The summed E-state index contributed by atoms with van der Waals surface area (Å²) in [6.07, 6.45) is -8.33. The number of aliphatic hydroxyl groups is 2. The quantitative estimate of drug-likeness (QED) is 0.133. The molecule has 0 aromatic heterocycles. The van der Waals surface area contributed by atoms with Crippen LogP contribution < -0.4 is 5.32 Å². The van der Waals surface area contributed by atoms with E-state index in [-0.39, 0.29) is 41.4 Å². The predicted octanol–water partition coefficient (Wildman–Crippen LogP) is 4.20. The molecule has 3 saturated carbocycles. The van der Waals surface area contributed by atoms with E-state index in [1.165, 1.54) is 26.0 Å². The van der Waals surface area contributed by atoms with E-state index >= 15 is 4.79 Å². The van der Waals surface area contributed by atoms with Gasteiger partial charge in [0.05, 0.1) is 29.9 Å². The molecule has 7 rings (SSSR count). The lowest BCUT2D eigenvalue weighted by molar-refractivity contribution is -0.323. The first-order valence-electron chi connectivity index (χ1n) is 19.6. The van der Waals surface area contributed by atoms with Crippen LogP contribution in [0, 0.1) is 22.7 Å². The summed E-state index contributed by atoms with van der Waals surface area (Å²) in [5.74, 6) is -5.64. The fraction of sp³-hybridized carbons (Fsp3) is 0.500. The number of amides is 1. The number of Topliss-reactive ketones (excluding diaryl/α,β-unsaturated/α-hetero) is 1. The third-order valence-electron chi connectivity index (χ3n) is 13.1. The maximum absolute atomic E-state index is 15.4. The molecule has 15 heteroatoms. The first-order valence-corrected chi connectivity index (χ1v) is 19.6. The van der Waals surface area contributed by atoms with E-state index in [0.29, 0.717) is 12.0 Å². The molecule has 4 aliphatic carbocycles. The second-order valence-corrected chi connectivity index (χ2v) is 16.9. The minimum atomic E-state index is -2.25. The number of carbonyl (C=O) groups is 6. The highest BCUT2D eigenvalue weighted by molar-refractivity contribution is 5.97. The van der Waals surface area contributed by atoms with Gasteiger partial charge in [-0.25, -0.2) is 14.4 Å². The number of allylic oxidation sites excluding steroid dienone is 1. The fourth-order valence-electron chi connectivity index (χ4n) is 10.3. The van der Waals surface area contributed by atoms with Crippen molar-refractivity contribution in [1.82, 2.24) is 5.32 Å². The standard InChI is InChI=1S/C44H49NO14/c1-22(2)55-40(52)45-32(26-14-10-8-11-15-26)33(48)39(51)57-29-20-44(53)37(58-38(50)27-16-12-9-13-17-27)35-42(19-28(42)18-30-43(35,21-54-30)59-25(5)47)36(49)34(56-24(4)46)31(23(29)3)41(44,6)7/h8-17,28-30,32-35,37,48,53H,1,18-21H2,2-7H3,(H,45,52)/t28-,29+,30-,32+,33-,34-,35+,37+,42-,43+,44-/m1/s1. The highest BCUT2D eigenvalue weighted by Crippen LogP contribution is 2.74. The van der Waals surface area contributed by atoms with Gasteiger partial charge in [0.15, 0.2) is 23.6 Å². The molecule has 0 radical (unpaired) electrons. The maximum atomic E-state index is 15.4. The Hall–Kier alpha value is -5.38. The fourth-order valence-corrected chi connectivity index (χ4v) is 10.3. The third kappa shape index (κ3) is 6.82. The molecular formula is C44H49NO14. The van der Waals surface area contributed by atoms with Crippen molar-refractivity contribution in [3.8, 4) is 0 Å². The van der Waals surface area contributed by atoms with Gasteiger partial charge < -0.3 is 44.0 Å². The van der Waals surface area contributed by atoms with Gasteiger partial charge in [-0.3, -0.25) is 14.4 Å². The number of hydrogen-bond acceptors (Lipinski definition) is 14. The zero-order valence-corrected chi connectivity index (χ0v) is 33.7. The summed E-state index contributed by atoms with van der Waals surface area (Å²) in [6.45, 7) is 12.0. The van der Waals surface area contributed by atoms with Crippen LogP contribution in [0.3, 0.4) is 0 Å². The van der Waals surface area contributed by atoms with E-state index in [2.05, 4.69) is 11.9 Å². The van der Waals surface area contributed by atoms with Crippen LogP contribution in [0.4, 0.5) is 4.79 Å². The van der Waals surface area contributed by atoms with Crippen LogP contribution in [0.2, 0.25) is 0 Å². The maximum Gasteiger partial charge on any atom is 0.412 e. The molecule has 11 atom stereocenters. The normalized spacial score (nSPS) is 33.3. The Labute approximate surface area is 341 Å². The Kier molecular flexibility index (Phi) is 10.6. The molecule has 2 aromatic carbocycles. The van der Waals surface area contributed by atoms with Crippen molar-refractivity contribution in [3.63, 3.8) is 0 Å². The summed E-state index contributed by atoms with van der Waals surface area (Å²) < 4.78 is 35.6. The van der Waals surface area contributed by atoms with E-state index in [1.54, 1.807) is 69.3 Å². The highest BCUT2D eigenvalue weighted by Gasteiger charge is 2.84. The summed E-state index contributed by atoms with van der Waals surface area (Å²) in [6, 6.07) is 14.8. The van der Waals surface area contributed by atoms with Gasteiger partial charge in [0, 0.05) is 31.1 Å². The van der Waals surface area contributed by atoms with Gasteiger partial charge in [0.25, 0.3) is 0 Å². The van der Waals surface area contributed by atoms with Gasteiger partial charge in [-0.2, -0.15) is 0 Å². The number of rotatable bonds is 10. The molecule has 1 aliphatic heterocycles. The molecule has 1 saturated heterocycles. The van der Waals surface area contributed by atoms with Crippen molar-refractivity contribution in [2.75, 3.05) is 6.61 Å². The van der Waals surface area contributed by atoms with E-state index < -0.39 is 107 Å². The van der Waals surface area contributed by atoms with Gasteiger partial charge in [-0.15, -0.1) is 0 Å². The summed E-state index contributed by atoms with van der Waals surface area (Å²) in [5.41, 5.74) is -5.95. The van der Waals surface area contributed by atoms with Crippen LogP contribution in [0.25, 0.3) is 0 Å². The monoisotopic (exact) mass is 815 g/mol. The largest absolute Gasteiger partial charge is 0.456 e. The molecule has 3 N–H and O–H groups in total. The number of carbonyl (C=O) groups excluding carboxylic acids is 6. The minimum absolute atomic E-state index is 0.0529. The van der Waals surface area contributed by atoms with E-state index in [1.807, 2.05) is 0 Å². The zero-order chi connectivity index (χ0) is 42.8. The van der Waals surface area contributed by atoms with Crippen LogP contribution in [-0.4, -0.2) is 94.3 Å². The van der Waals surface area contributed by atoms with Crippen LogP contribution in [0.1, 0.15) is 82.8 Å². The van der Waals surface area contributed by atoms with Crippen molar-refractivity contribution >= 4 is 35.8 Å². The first kappa shape index (κ1) is 41.8. The lowest BCUT2D eigenvalue weighted by Gasteiger charge is -2.64. The summed E-state index contributed by atoms with van der Waals surface area (Å²) in [4.78, 5) is 82.4. The number of esters is 4. The van der Waals surface area contributed by atoms with Crippen molar-refractivity contribution in [2.45, 2.75) is 109 Å². The molecule has 15 nitrogen and oxygen atoms in total. The SMILES string of the molecule is C=C(C)OC(=O)N[C@@H](c1ccccc1)[C@@H](O)C(=O)O[C@H]1C[C@@]2(O)[C@@H](OC(=O)c3ccccc3)[C@@H]3[C@]4(OC(C)=O)CO[C@@H]4C[C@@H]4C[C@@]43C(=O)[C@H](OC(C)=O)C(=C1C)C2(C)C. The molecule has 314 valence electrons. The summed E-state index contributed by atoms with van der Waals surface area (Å²) in [5, 5.41) is 27.7. The third-order valence-corrected chi connectivity index (χ3v) is 13.1. The number of ketones is 1. The van der Waals surface area contributed by atoms with Crippen molar-refractivity contribution < 1.29 is 67.4 Å². The van der Waals surface area contributed by atoms with Crippen LogP contribution in [0.5, 0.6) is 0 Å². The molecule has 1 spiro atoms. The van der Waals surface area contributed by atoms with Gasteiger partial charge in [-0.05, 0) is 61.4 Å². The number of hydrogen-bond donors (Lipinski definition) is 3. The molecule has 1 heterocycles. The average Bonchev–Trinajstić information content (AvgIpc) is 3.90. The molecular weight excluding hydrogens is 766 g/mol. The molecule has 5 aliphatic rings. The van der Waals surface area contributed by atoms with Gasteiger partial charge in [-0.1, -0.05) is 69.0 Å². The van der Waals surface area contributed by atoms with Gasteiger partial charge in [0.2, 0.25) is 0 Å². The zero-order valence-electron chi connectivity index (χ0n) is 33.7. The molecule has 2 aromatic rings. The highest BCUT2D eigenvalue weighted by atomic mass is 16.6. The second kappa shape index (κ2) is 15.0. The molecule has 0 unspecified atom stereocenters. The Morgan fingerprint density at radius 2 is 1.56 bits per heavy atom. The van der Waals surface area contributed by atoms with Crippen LogP contribution >= 0.6 is 0 Å². The van der Waals surface area contributed by atoms with Crippen LogP contribution in [0.15, 0.2) is 84.1 Å². The minimum Gasteiger partial charge on any atom is -0.456 e. The average molecular weight is 816 g/mol. The molecule has 4 fully saturated rings. The van der Waals surface area contributed by atoms with Gasteiger partial charge >= 0.3 is 30.0 Å². The first-order chi connectivity index (χ1) is 27.8. The summed E-state index contributed by atoms with van der Waals surface area (Å²) >= 11 is 0. The molecule has 1 amide bonds. The molecule has 59 heavy (non-hydrogen) atoms. The second-order valence-electron chi connectivity index (χ2n) is 16.9. The lowest BCUT2D eigenvalue weighted by atomic mass is 9.48. The smallest absolute Gasteiger partial charge is 0.412 e. The number of fused-ring (bicyclic) bond motifs is 4. The Balaban J connectivity index is 1.38. The Bertz CT molecular complexity index is 2120. The van der Waals surface area contributed by atoms with E-state index in [0.717, 1.165) is 6.92 Å². The van der Waals surface area contributed by atoms with E-state index in [9.17, 15) is 34.2 Å². The Morgan fingerprint density at radius 3 is 2.14 bits per heavy atom. The Morgan fingerprint density at radius 1 is 0.915 bits per heavy atom. The van der Waals surface area contributed by atoms with Crippen LogP contribution in [-0.2, 0) is 47.6 Å². The number of alkyl carbamates (subject to hydrolysis) is 1.